The first-order chi connectivity index (χ1) is 9.16. The Morgan fingerprint density at radius 2 is 2.00 bits per heavy atom. The van der Waals surface area contributed by atoms with Gasteiger partial charge < -0.3 is 5.11 Å². The molecular formula is C12H9N5O2. The van der Waals surface area contributed by atoms with Gasteiger partial charge in [-0.05, 0) is 13.0 Å². The van der Waals surface area contributed by atoms with E-state index >= 15 is 0 Å². The fourth-order valence-electron chi connectivity index (χ4n) is 1.81. The van der Waals surface area contributed by atoms with Gasteiger partial charge in [0.15, 0.2) is 0 Å². The third-order valence-corrected chi connectivity index (χ3v) is 2.74. The molecule has 7 nitrogen and oxygen atoms in total. The maximum Gasteiger partial charge on any atom is 0.338 e. The molecule has 94 valence electrons. The number of aromatic nitrogens is 5. The number of hydrogen-bond acceptors (Lipinski definition) is 5. The summed E-state index contributed by atoms with van der Waals surface area (Å²) in [6, 6.07) is 1.86. The van der Waals surface area contributed by atoms with Gasteiger partial charge in [0.05, 0.1) is 23.0 Å². The Hall–Kier alpha value is -2.83. The average molecular weight is 255 g/mol. The molecule has 0 aliphatic carbocycles. The molecule has 3 aromatic rings. The third kappa shape index (κ3) is 1.81. The SMILES string of the molecule is Cc1nn(-c2ncc(C(=O)O)cn2)c2cnccc12. The van der Waals surface area contributed by atoms with Crippen LogP contribution in [0.15, 0.2) is 30.9 Å². The highest BCUT2D eigenvalue weighted by Gasteiger charge is 2.11. The van der Waals surface area contributed by atoms with E-state index in [-0.39, 0.29) is 5.56 Å². The summed E-state index contributed by atoms with van der Waals surface area (Å²) in [4.78, 5) is 22.8. The highest BCUT2D eigenvalue weighted by atomic mass is 16.4. The lowest BCUT2D eigenvalue weighted by Crippen LogP contribution is -2.05. The number of rotatable bonds is 2. The lowest BCUT2D eigenvalue weighted by Gasteiger charge is -2.00. The van der Waals surface area contributed by atoms with Gasteiger partial charge in [0, 0.05) is 24.0 Å². The molecule has 0 saturated heterocycles. The van der Waals surface area contributed by atoms with E-state index in [2.05, 4.69) is 20.1 Å². The number of carboxylic acids is 1. The van der Waals surface area contributed by atoms with Gasteiger partial charge in [0.1, 0.15) is 0 Å². The Morgan fingerprint density at radius 1 is 1.26 bits per heavy atom. The van der Waals surface area contributed by atoms with Crippen LogP contribution >= 0.6 is 0 Å². The molecule has 0 aliphatic rings. The molecule has 0 atom stereocenters. The van der Waals surface area contributed by atoms with E-state index in [1.807, 2.05) is 13.0 Å². The number of carbonyl (C=O) groups is 1. The highest BCUT2D eigenvalue weighted by Crippen LogP contribution is 2.18. The Balaban J connectivity index is 2.16. The van der Waals surface area contributed by atoms with Crippen LogP contribution in [0, 0.1) is 6.92 Å². The molecule has 3 rings (SSSR count). The quantitative estimate of drug-likeness (QED) is 0.739. The highest BCUT2D eigenvalue weighted by molar-refractivity contribution is 5.87. The maximum absolute atomic E-state index is 10.8. The van der Waals surface area contributed by atoms with Crippen molar-refractivity contribution in [2.24, 2.45) is 0 Å². The molecule has 0 amide bonds. The van der Waals surface area contributed by atoms with Crippen molar-refractivity contribution >= 4 is 16.9 Å². The van der Waals surface area contributed by atoms with Crippen LogP contribution in [0.2, 0.25) is 0 Å². The van der Waals surface area contributed by atoms with Crippen molar-refractivity contribution < 1.29 is 9.90 Å². The maximum atomic E-state index is 10.8. The topological polar surface area (TPSA) is 93.8 Å². The van der Waals surface area contributed by atoms with Gasteiger partial charge in [0.25, 0.3) is 5.95 Å². The fraction of sp³-hybridized carbons (Fsp3) is 0.0833. The number of carboxylic acid groups (broad SMARTS) is 1. The molecule has 3 heterocycles. The van der Waals surface area contributed by atoms with Gasteiger partial charge in [-0.25, -0.2) is 14.8 Å². The van der Waals surface area contributed by atoms with Gasteiger partial charge in [0.2, 0.25) is 0 Å². The second-order valence-corrected chi connectivity index (χ2v) is 3.97. The van der Waals surface area contributed by atoms with E-state index in [9.17, 15) is 4.79 Å². The van der Waals surface area contributed by atoms with Crippen molar-refractivity contribution in [3.05, 3.63) is 42.1 Å². The Morgan fingerprint density at radius 3 is 2.68 bits per heavy atom. The van der Waals surface area contributed by atoms with E-state index in [1.54, 1.807) is 17.1 Å². The van der Waals surface area contributed by atoms with Crippen molar-refractivity contribution in [2.45, 2.75) is 6.92 Å². The van der Waals surface area contributed by atoms with Gasteiger partial charge in [-0.2, -0.15) is 9.78 Å². The van der Waals surface area contributed by atoms with Crippen LogP contribution in [0.3, 0.4) is 0 Å². The van der Waals surface area contributed by atoms with E-state index in [0.717, 1.165) is 16.6 Å². The lowest BCUT2D eigenvalue weighted by atomic mass is 10.3. The number of aryl methyl sites for hydroxylation is 1. The van der Waals surface area contributed by atoms with E-state index in [4.69, 9.17) is 5.11 Å². The van der Waals surface area contributed by atoms with E-state index < -0.39 is 5.97 Å². The molecule has 0 bridgehead atoms. The summed E-state index contributed by atoms with van der Waals surface area (Å²) in [5.74, 6) is -0.745. The number of hydrogen-bond donors (Lipinski definition) is 1. The summed E-state index contributed by atoms with van der Waals surface area (Å²) in [6.45, 7) is 1.88. The fourth-order valence-corrected chi connectivity index (χ4v) is 1.81. The minimum Gasteiger partial charge on any atom is -0.478 e. The average Bonchev–Trinajstić information content (AvgIpc) is 2.77. The zero-order chi connectivity index (χ0) is 13.4. The number of pyridine rings is 1. The molecular weight excluding hydrogens is 246 g/mol. The number of nitrogens with zero attached hydrogens (tertiary/aromatic N) is 5. The Kier molecular flexibility index (Phi) is 2.45. The van der Waals surface area contributed by atoms with Crippen LogP contribution in [0.25, 0.3) is 16.9 Å². The lowest BCUT2D eigenvalue weighted by molar-refractivity contribution is 0.0696. The summed E-state index contributed by atoms with van der Waals surface area (Å²) in [6.07, 6.45) is 5.87. The smallest absolute Gasteiger partial charge is 0.338 e. The molecule has 0 aliphatic heterocycles. The summed E-state index contributed by atoms with van der Waals surface area (Å²) < 4.78 is 1.54. The van der Waals surface area contributed by atoms with Gasteiger partial charge in [-0.3, -0.25) is 4.98 Å². The minimum atomic E-state index is -1.06. The van der Waals surface area contributed by atoms with Crippen molar-refractivity contribution in [1.29, 1.82) is 0 Å². The van der Waals surface area contributed by atoms with Gasteiger partial charge in [-0.15, -0.1) is 0 Å². The van der Waals surface area contributed by atoms with E-state index in [0.29, 0.717) is 5.95 Å². The number of fused-ring (bicyclic) bond motifs is 1. The second kappa shape index (κ2) is 4.13. The summed E-state index contributed by atoms with van der Waals surface area (Å²) in [5, 5.41) is 14.1. The van der Waals surface area contributed by atoms with Crippen molar-refractivity contribution in [2.75, 3.05) is 0 Å². The monoisotopic (exact) mass is 255 g/mol. The van der Waals surface area contributed by atoms with Crippen molar-refractivity contribution in [1.82, 2.24) is 24.7 Å². The van der Waals surface area contributed by atoms with Gasteiger partial charge in [-0.1, -0.05) is 0 Å². The minimum absolute atomic E-state index is 0.0371. The van der Waals surface area contributed by atoms with Crippen LogP contribution in [0.4, 0.5) is 0 Å². The predicted octanol–water partition coefficient (Wildman–Crippen LogP) is 1.22. The van der Waals surface area contributed by atoms with Crippen LogP contribution in [0.5, 0.6) is 0 Å². The normalized spacial score (nSPS) is 10.8. The molecule has 1 N–H and O–H groups in total. The molecule has 0 radical (unpaired) electrons. The zero-order valence-corrected chi connectivity index (χ0v) is 9.98. The molecule has 3 aromatic heterocycles. The number of aromatic carboxylic acids is 1. The first kappa shape index (κ1) is 11.3. The molecule has 0 saturated carbocycles. The summed E-state index contributed by atoms with van der Waals surface area (Å²) in [5.41, 5.74) is 1.65. The molecule has 19 heavy (non-hydrogen) atoms. The summed E-state index contributed by atoms with van der Waals surface area (Å²) in [7, 11) is 0. The van der Waals surface area contributed by atoms with E-state index in [1.165, 1.54) is 12.4 Å². The van der Waals surface area contributed by atoms with Crippen LogP contribution in [0.1, 0.15) is 16.1 Å². The molecule has 7 heteroatoms. The zero-order valence-electron chi connectivity index (χ0n) is 9.98. The third-order valence-electron chi connectivity index (χ3n) is 2.74. The van der Waals surface area contributed by atoms with Gasteiger partial charge >= 0.3 is 5.97 Å². The van der Waals surface area contributed by atoms with Crippen LogP contribution in [-0.4, -0.2) is 35.8 Å². The van der Waals surface area contributed by atoms with Crippen molar-refractivity contribution in [3.8, 4) is 5.95 Å². The van der Waals surface area contributed by atoms with Crippen LogP contribution in [-0.2, 0) is 0 Å². The van der Waals surface area contributed by atoms with Crippen LogP contribution < -0.4 is 0 Å². The van der Waals surface area contributed by atoms with Crippen molar-refractivity contribution in [3.63, 3.8) is 0 Å². The standard InChI is InChI=1S/C12H9N5O2/c1-7-9-2-3-13-6-10(9)17(16-7)12-14-4-8(5-15-12)11(18)19/h2-6H,1H3,(H,18,19). The first-order valence-electron chi connectivity index (χ1n) is 5.52. The molecule has 0 unspecified atom stereocenters. The summed E-state index contributed by atoms with van der Waals surface area (Å²) >= 11 is 0. The second-order valence-electron chi connectivity index (χ2n) is 3.97. The largest absolute Gasteiger partial charge is 0.478 e. The Bertz CT molecular complexity index is 763. The Labute approximate surface area is 107 Å². The molecule has 0 fully saturated rings. The predicted molar refractivity (Wildman–Crippen MR) is 66.2 cm³/mol. The first-order valence-corrected chi connectivity index (χ1v) is 5.52. The molecule has 0 aromatic carbocycles. The molecule has 0 spiro atoms.